The molecule has 0 atom stereocenters. The number of aryl methyl sites for hydroxylation is 2. The van der Waals surface area contributed by atoms with Crippen LogP contribution in [-0.2, 0) is 0 Å². The van der Waals surface area contributed by atoms with Crippen molar-refractivity contribution in [3.05, 3.63) is 51.6 Å². The van der Waals surface area contributed by atoms with E-state index >= 15 is 0 Å². The number of thiophene rings is 1. The summed E-state index contributed by atoms with van der Waals surface area (Å²) in [6.07, 6.45) is 3.45. The maximum atomic E-state index is 12.8. The van der Waals surface area contributed by atoms with Crippen LogP contribution < -0.4 is 11.1 Å². The second kappa shape index (κ2) is 6.71. The molecular formula is C19H17N5OS2. The molecule has 0 spiro atoms. The minimum absolute atomic E-state index is 0.266. The number of hydrogen-bond donors (Lipinski definition) is 2. The Morgan fingerprint density at radius 3 is 2.74 bits per heavy atom. The van der Waals surface area contributed by atoms with Gasteiger partial charge in [0, 0.05) is 34.4 Å². The molecule has 0 aliphatic carbocycles. The van der Waals surface area contributed by atoms with E-state index in [1.807, 2.05) is 38.3 Å². The number of carbonyl (C=O) groups excluding carboxylic acids is 1. The van der Waals surface area contributed by atoms with Gasteiger partial charge in [0.15, 0.2) is 5.13 Å². The minimum Gasteiger partial charge on any atom is -0.397 e. The average Bonchev–Trinajstić information content (AvgIpc) is 3.25. The lowest BCUT2D eigenvalue weighted by Gasteiger charge is -2.05. The predicted molar refractivity (Wildman–Crippen MR) is 112 cm³/mol. The third kappa shape index (κ3) is 3.07. The fourth-order valence-electron chi connectivity index (χ4n) is 2.87. The van der Waals surface area contributed by atoms with Crippen LogP contribution in [0.5, 0.6) is 0 Å². The molecule has 6 nitrogen and oxygen atoms in total. The Morgan fingerprint density at radius 1 is 1.19 bits per heavy atom. The fraction of sp³-hybridized carbons (Fsp3) is 0.158. The van der Waals surface area contributed by atoms with Crippen molar-refractivity contribution in [2.75, 3.05) is 11.1 Å². The first-order chi connectivity index (χ1) is 13.0. The quantitative estimate of drug-likeness (QED) is 0.530. The molecule has 0 unspecified atom stereocenters. The van der Waals surface area contributed by atoms with Gasteiger partial charge in [0.2, 0.25) is 0 Å². The molecule has 0 fully saturated rings. The zero-order valence-electron chi connectivity index (χ0n) is 15.0. The number of nitrogens with two attached hydrogens (primary N) is 1. The highest BCUT2D eigenvalue weighted by molar-refractivity contribution is 7.21. The molecule has 27 heavy (non-hydrogen) atoms. The number of anilines is 2. The molecule has 0 bridgehead atoms. The molecule has 4 rings (SSSR count). The Hall–Kier alpha value is -2.84. The topological polar surface area (TPSA) is 93.8 Å². The van der Waals surface area contributed by atoms with Gasteiger partial charge in [-0.3, -0.25) is 15.1 Å². The van der Waals surface area contributed by atoms with Gasteiger partial charge in [-0.15, -0.1) is 22.7 Å². The van der Waals surface area contributed by atoms with Crippen molar-refractivity contribution in [1.82, 2.24) is 15.0 Å². The molecule has 1 amide bonds. The van der Waals surface area contributed by atoms with Crippen LogP contribution in [0.3, 0.4) is 0 Å². The minimum atomic E-state index is -0.266. The van der Waals surface area contributed by atoms with Gasteiger partial charge in [0.25, 0.3) is 5.91 Å². The number of thiazole rings is 1. The van der Waals surface area contributed by atoms with Crippen LogP contribution in [0.15, 0.2) is 29.9 Å². The van der Waals surface area contributed by atoms with Crippen molar-refractivity contribution < 1.29 is 4.79 Å². The summed E-state index contributed by atoms with van der Waals surface area (Å²) in [6, 6.07) is 3.78. The van der Waals surface area contributed by atoms with Gasteiger partial charge in [-0.25, -0.2) is 9.97 Å². The Kier molecular flexibility index (Phi) is 4.37. The highest BCUT2D eigenvalue weighted by Gasteiger charge is 2.21. The third-order valence-corrected chi connectivity index (χ3v) is 6.42. The van der Waals surface area contributed by atoms with Gasteiger partial charge >= 0.3 is 0 Å². The van der Waals surface area contributed by atoms with E-state index in [1.165, 1.54) is 22.7 Å². The van der Waals surface area contributed by atoms with Gasteiger partial charge in [0.1, 0.15) is 9.71 Å². The molecule has 0 aliphatic rings. The smallest absolute Gasteiger partial charge is 0.269 e. The predicted octanol–water partition coefficient (Wildman–Crippen LogP) is 4.57. The summed E-state index contributed by atoms with van der Waals surface area (Å²) in [6.45, 7) is 5.99. The van der Waals surface area contributed by atoms with Crippen molar-refractivity contribution >= 4 is 49.6 Å². The second-order valence-corrected chi connectivity index (χ2v) is 8.06. The summed E-state index contributed by atoms with van der Waals surface area (Å²) in [5.41, 5.74) is 11.6. The molecule has 0 saturated carbocycles. The largest absolute Gasteiger partial charge is 0.397 e. The molecule has 0 aromatic carbocycles. The number of aromatic nitrogens is 3. The van der Waals surface area contributed by atoms with Crippen LogP contribution in [0.4, 0.5) is 10.8 Å². The molecule has 8 heteroatoms. The second-order valence-electron chi connectivity index (χ2n) is 6.21. The SMILES string of the molecule is Cc1nc2sc(C(=O)Nc3nc(-c4cccnc4)cs3)c(N)c2c(C)c1C. The molecular weight excluding hydrogens is 378 g/mol. The van der Waals surface area contributed by atoms with E-state index in [4.69, 9.17) is 5.73 Å². The molecule has 4 heterocycles. The van der Waals surface area contributed by atoms with E-state index in [0.29, 0.717) is 15.7 Å². The van der Waals surface area contributed by atoms with Gasteiger partial charge < -0.3 is 5.73 Å². The Labute approximate surface area is 164 Å². The molecule has 0 saturated heterocycles. The number of fused-ring (bicyclic) bond motifs is 1. The molecule has 4 aromatic rings. The lowest BCUT2D eigenvalue weighted by molar-refractivity contribution is 0.103. The van der Waals surface area contributed by atoms with E-state index in [-0.39, 0.29) is 5.91 Å². The van der Waals surface area contributed by atoms with Crippen LogP contribution in [-0.4, -0.2) is 20.9 Å². The van der Waals surface area contributed by atoms with Crippen molar-refractivity contribution in [3.63, 3.8) is 0 Å². The molecule has 0 aliphatic heterocycles. The highest BCUT2D eigenvalue weighted by atomic mass is 32.1. The summed E-state index contributed by atoms with van der Waals surface area (Å²) < 4.78 is 0. The monoisotopic (exact) mass is 395 g/mol. The van der Waals surface area contributed by atoms with Gasteiger partial charge in [0.05, 0.1) is 11.4 Å². The standard InChI is InChI=1S/C19H17N5OS2/c1-9-10(2)14-15(20)16(27-18(14)22-11(9)3)17(25)24-19-23-13(8-26-19)12-5-4-6-21-7-12/h4-8H,20H2,1-3H3,(H,23,24,25). The van der Waals surface area contributed by atoms with Crippen molar-refractivity contribution in [2.45, 2.75) is 20.8 Å². The zero-order chi connectivity index (χ0) is 19.1. The maximum Gasteiger partial charge on any atom is 0.269 e. The number of rotatable bonds is 3. The molecule has 136 valence electrons. The Bertz CT molecular complexity index is 1160. The van der Waals surface area contributed by atoms with Gasteiger partial charge in [-0.2, -0.15) is 0 Å². The third-order valence-electron chi connectivity index (χ3n) is 4.56. The molecule has 4 aromatic heterocycles. The number of carbonyl (C=O) groups is 1. The van der Waals surface area contributed by atoms with E-state index < -0.39 is 0 Å². The fourth-order valence-corrected chi connectivity index (χ4v) is 4.68. The first kappa shape index (κ1) is 17.6. The van der Waals surface area contributed by atoms with E-state index in [0.717, 1.165) is 38.3 Å². The van der Waals surface area contributed by atoms with Crippen LogP contribution in [0.1, 0.15) is 26.5 Å². The van der Waals surface area contributed by atoms with E-state index in [1.54, 1.807) is 12.4 Å². The highest BCUT2D eigenvalue weighted by Crippen LogP contribution is 2.37. The number of hydrogen-bond acceptors (Lipinski definition) is 7. The lowest BCUT2D eigenvalue weighted by Crippen LogP contribution is -2.11. The lowest BCUT2D eigenvalue weighted by atomic mass is 10.1. The van der Waals surface area contributed by atoms with Crippen molar-refractivity contribution in [3.8, 4) is 11.3 Å². The normalized spacial score (nSPS) is 11.1. The van der Waals surface area contributed by atoms with E-state index in [2.05, 4.69) is 20.3 Å². The maximum absolute atomic E-state index is 12.8. The number of pyridine rings is 2. The number of nitrogen functional groups attached to an aromatic ring is 1. The number of amides is 1. The van der Waals surface area contributed by atoms with Crippen molar-refractivity contribution in [2.24, 2.45) is 0 Å². The summed E-state index contributed by atoms with van der Waals surface area (Å²) in [7, 11) is 0. The summed E-state index contributed by atoms with van der Waals surface area (Å²) in [5.74, 6) is -0.266. The average molecular weight is 396 g/mol. The van der Waals surface area contributed by atoms with Crippen molar-refractivity contribution in [1.29, 1.82) is 0 Å². The van der Waals surface area contributed by atoms with Crippen LogP contribution in [0, 0.1) is 20.8 Å². The van der Waals surface area contributed by atoms with E-state index in [9.17, 15) is 4.79 Å². The first-order valence-electron chi connectivity index (χ1n) is 8.28. The summed E-state index contributed by atoms with van der Waals surface area (Å²) in [4.78, 5) is 27.2. The van der Waals surface area contributed by atoms with Crippen LogP contribution in [0.2, 0.25) is 0 Å². The zero-order valence-corrected chi connectivity index (χ0v) is 16.7. The summed E-state index contributed by atoms with van der Waals surface area (Å²) >= 11 is 2.68. The molecule has 0 radical (unpaired) electrons. The molecule has 3 N–H and O–H groups in total. The Morgan fingerprint density at radius 2 is 2.00 bits per heavy atom. The van der Waals surface area contributed by atoms with Gasteiger partial charge in [-0.1, -0.05) is 0 Å². The van der Waals surface area contributed by atoms with Crippen LogP contribution in [0.25, 0.3) is 21.5 Å². The number of nitrogens with zero attached hydrogens (tertiary/aromatic N) is 3. The Balaban J connectivity index is 1.65. The summed E-state index contributed by atoms with van der Waals surface area (Å²) in [5, 5.41) is 6.12. The van der Waals surface area contributed by atoms with Gasteiger partial charge in [-0.05, 0) is 44.0 Å². The number of nitrogens with one attached hydrogen (secondary N) is 1. The van der Waals surface area contributed by atoms with Crippen LogP contribution >= 0.6 is 22.7 Å². The first-order valence-corrected chi connectivity index (χ1v) is 9.98.